The molecule has 2 heteroatoms. The first-order valence-electron chi connectivity index (χ1n) is 2.73. The molecule has 0 atom stereocenters. The van der Waals surface area contributed by atoms with Gasteiger partial charge in [0.25, 0.3) is 0 Å². The van der Waals surface area contributed by atoms with Crippen LogP contribution in [-0.2, 0) is 9.47 Å². The highest BCUT2D eigenvalue weighted by molar-refractivity contribution is 5.02. The molecule has 0 amide bonds. The van der Waals surface area contributed by atoms with Crippen LogP contribution in [0.15, 0.2) is 0 Å². The summed E-state index contributed by atoms with van der Waals surface area (Å²) in [6.07, 6.45) is 5.12. The Morgan fingerprint density at radius 2 is 2.11 bits per heavy atom. The van der Waals surface area contributed by atoms with Crippen LogP contribution >= 0.6 is 0 Å². The molecular weight excluding hydrogens is 116 g/mol. The molecule has 0 aromatic carbocycles. The zero-order valence-corrected chi connectivity index (χ0v) is 6.10. The second-order valence-corrected chi connectivity index (χ2v) is 2.21. The molecule has 0 N–H and O–H groups in total. The van der Waals surface area contributed by atoms with Crippen molar-refractivity contribution in [3.05, 3.63) is 0 Å². The van der Waals surface area contributed by atoms with E-state index < -0.39 is 5.60 Å². The fraction of sp³-hybridized carbons (Fsp3) is 0.714. The lowest BCUT2D eigenvalue weighted by Gasteiger charge is -2.16. The second-order valence-electron chi connectivity index (χ2n) is 2.21. The average molecular weight is 128 g/mol. The zero-order chi connectivity index (χ0) is 7.33. The summed E-state index contributed by atoms with van der Waals surface area (Å²) in [5.41, 5.74) is -0.504. The first-order chi connectivity index (χ1) is 4.12. The molecule has 0 aromatic heterocycles. The SMILES string of the molecule is C#CC(C)(C)OCOC. The van der Waals surface area contributed by atoms with Crippen LogP contribution in [0.1, 0.15) is 13.8 Å². The van der Waals surface area contributed by atoms with Crippen molar-refractivity contribution < 1.29 is 9.47 Å². The molecule has 0 heterocycles. The molecule has 0 rings (SSSR count). The fourth-order valence-corrected chi connectivity index (χ4v) is 0.248. The Balaban J connectivity index is 3.49. The van der Waals surface area contributed by atoms with Gasteiger partial charge in [-0.25, -0.2) is 0 Å². The van der Waals surface area contributed by atoms with E-state index in [0.29, 0.717) is 0 Å². The van der Waals surface area contributed by atoms with E-state index >= 15 is 0 Å². The Morgan fingerprint density at radius 3 is 2.44 bits per heavy atom. The quantitative estimate of drug-likeness (QED) is 0.417. The Hall–Kier alpha value is -0.520. The van der Waals surface area contributed by atoms with E-state index in [-0.39, 0.29) is 6.79 Å². The molecule has 0 fully saturated rings. The van der Waals surface area contributed by atoms with E-state index in [0.717, 1.165) is 0 Å². The highest BCUT2D eigenvalue weighted by atomic mass is 16.7. The lowest BCUT2D eigenvalue weighted by molar-refractivity contribution is -0.0876. The van der Waals surface area contributed by atoms with E-state index in [1.54, 1.807) is 7.11 Å². The Bertz CT molecular complexity index is 111. The van der Waals surface area contributed by atoms with Gasteiger partial charge in [-0.2, -0.15) is 0 Å². The van der Waals surface area contributed by atoms with E-state index in [2.05, 4.69) is 10.7 Å². The van der Waals surface area contributed by atoms with Gasteiger partial charge in [-0.1, -0.05) is 5.92 Å². The number of terminal acetylenes is 1. The van der Waals surface area contributed by atoms with Gasteiger partial charge in [0.2, 0.25) is 0 Å². The Labute approximate surface area is 56.2 Å². The summed E-state index contributed by atoms with van der Waals surface area (Å²) in [4.78, 5) is 0. The van der Waals surface area contributed by atoms with Gasteiger partial charge < -0.3 is 9.47 Å². The van der Waals surface area contributed by atoms with Crippen molar-refractivity contribution in [3.63, 3.8) is 0 Å². The van der Waals surface area contributed by atoms with Gasteiger partial charge in [0.15, 0.2) is 0 Å². The first kappa shape index (κ1) is 8.48. The predicted molar refractivity (Wildman–Crippen MR) is 35.9 cm³/mol. The summed E-state index contributed by atoms with van der Waals surface area (Å²) in [6.45, 7) is 3.87. The van der Waals surface area contributed by atoms with E-state index in [1.165, 1.54) is 0 Å². The van der Waals surface area contributed by atoms with Crippen LogP contribution in [0.2, 0.25) is 0 Å². The molecule has 0 unspecified atom stereocenters. The third kappa shape index (κ3) is 4.01. The first-order valence-corrected chi connectivity index (χ1v) is 2.73. The second kappa shape index (κ2) is 3.49. The van der Waals surface area contributed by atoms with Crippen LogP contribution in [0.25, 0.3) is 0 Å². The van der Waals surface area contributed by atoms with Gasteiger partial charge in [-0.3, -0.25) is 0 Å². The lowest BCUT2D eigenvalue weighted by atomic mass is 10.2. The van der Waals surface area contributed by atoms with Crippen LogP contribution in [0.5, 0.6) is 0 Å². The van der Waals surface area contributed by atoms with Crippen molar-refractivity contribution in [2.45, 2.75) is 19.4 Å². The zero-order valence-electron chi connectivity index (χ0n) is 6.10. The van der Waals surface area contributed by atoms with E-state index in [4.69, 9.17) is 11.2 Å². The van der Waals surface area contributed by atoms with Gasteiger partial charge in [0.1, 0.15) is 12.4 Å². The molecule has 0 bridgehead atoms. The largest absolute Gasteiger partial charge is 0.359 e. The van der Waals surface area contributed by atoms with E-state index in [9.17, 15) is 0 Å². The summed E-state index contributed by atoms with van der Waals surface area (Å²) in [5, 5.41) is 0. The third-order valence-electron chi connectivity index (χ3n) is 0.885. The molecule has 0 aliphatic carbocycles. The van der Waals surface area contributed by atoms with E-state index in [1.807, 2.05) is 13.8 Å². The minimum absolute atomic E-state index is 0.247. The molecule has 0 aliphatic rings. The summed E-state index contributed by atoms with van der Waals surface area (Å²) in [6, 6.07) is 0. The van der Waals surface area contributed by atoms with Crippen molar-refractivity contribution in [1.29, 1.82) is 0 Å². The predicted octanol–water partition coefficient (Wildman–Crippen LogP) is 1.02. The van der Waals surface area contributed by atoms with Crippen LogP contribution in [0.3, 0.4) is 0 Å². The maximum Gasteiger partial charge on any atom is 0.148 e. The fourth-order valence-electron chi connectivity index (χ4n) is 0.248. The maximum atomic E-state index is 5.12. The number of rotatable bonds is 3. The minimum atomic E-state index is -0.504. The minimum Gasteiger partial charge on any atom is -0.359 e. The third-order valence-corrected chi connectivity index (χ3v) is 0.885. The highest BCUT2D eigenvalue weighted by Gasteiger charge is 2.12. The molecule has 0 saturated carbocycles. The van der Waals surface area contributed by atoms with Gasteiger partial charge >= 0.3 is 0 Å². The van der Waals surface area contributed by atoms with Crippen LogP contribution in [0, 0.1) is 12.3 Å². The van der Waals surface area contributed by atoms with Crippen LogP contribution in [0.4, 0.5) is 0 Å². The Morgan fingerprint density at radius 1 is 1.56 bits per heavy atom. The van der Waals surface area contributed by atoms with Crippen molar-refractivity contribution in [1.82, 2.24) is 0 Å². The molecular formula is C7H12O2. The van der Waals surface area contributed by atoms with Gasteiger partial charge in [0.05, 0.1) is 0 Å². The van der Waals surface area contributed by atoms with Crippen LogP contribution < -0.4 is 0 Å². The normalized spacial score (nSPS) is 10.9. The average Bonchev–Trinajstić information content (AvgIpc) is 1.84. The molecule has 0 aliphatic heterocycles. The van der Waals surface area contributed by atoms with Crippen molar-refractivity contribution in [3.8, 4) is 12.3 Å². The summed E-state index contributed by atoms with van der Waals surface area (Å²) < 4.78 is 9.73. The monoisotopic (exact) mass is 128 g/mol. The molecule has 0 saturated heterocycles. The molecule has 9 heavy (non-hydrogen) atoms. The smallest absolute Gasteiger partial charge is 0.148 e. The highest BCUT2D eigenvalue weighted by Crippen LogP contribution is 2.05. The van der Waals surface area contributed by atoms with Crippen LogP contribution in [-0.4, -0.2) is 19.5 Å². The van der Waals surface area contributed by atoms with Gasteiger partial charge in [-0.15, -0.1) is 6.42 Å². The topological polar surface area (TPSA) is 18.5 Å². The van der Waals surface area contributed by atoms with Crippen molar-refractivity contribution in [2.75, 3.05) is 13.9 Å². The van der Waals surface area contributed by atoms with Gasteiger partial charge in [0, 0.05) is 7.11 Å². The molecule has 0 aromatic rings. The van der Waals surface area contributed by atoms with Gasteiger partial charge in [-0.05, 0) is 13.8 Å². The number of hydrogen-bond donors (Lipinski definition) is 0. The summed E-state index contributed by atoms with van der Waals surface area (Å²) in [5.74, 6) is 2.47. The number of methoxy groups -OCH3 is 1. The number of hydrogen-bond acceptors (Lipinski definition) is 2. The maximum absolute atomic E-state index is 5.12. The summed E-state index contributed by atoms with van der Waals surface area (Å²) in [7, 11) is 1.56. The number of ether oxygens (including phenoxy) is 2. The molecule has 52 valence electrons. The molecule has 0 spiro atoms. The van der Waals surface area contributed by atoms with Crippen molar-refractivity contribution in [2.24, 2.45) is 0 Å². The lowest BCUT2D eigenvalue weighted by Crippen LogP contribution is -2.22. The molecule has 2 nitrogen and oxygen atoms in total. The standard InChI is InChI=1S/C7H12O2/c1-5-7(2,3)9-6-8-4/h1H,6H2,2-4H3. The Kier molecular flexibility index (Phi) is 3.29. The summed E-state index contributed by atoms with van der Waals surface area (Å²) >= 11 is 0. The molecule has 0 radical (unpaired) electrons. The van der Waals surface area contributed by atoms with Crippen molar-refractivity contribution >= 4 is 0 Å².